The van der Waals surface area contributed by atoms with Crippen LogP contribution in [0.25, 0.3) is 11.3 Å². The van der Waals surface area contributed by atoms with E-state index < -0.39 is 0 Å². The number of hydrogen-bond donors (Lipinski definition) is 0. The maximum absolute atomic E-state index is 4.38. The van der Waals surface area contributed by atoms with E-state index >= 15 is 0 Å². The molecular weight excluding hydrogens is 266 g/mol. The van der Waals surface area contributed by atoms with Crippen LogP contribution < -0.4 is 0 Å². The maximum atomic E-state index is 4.38. The average molecular weight is 293 g/mol. The summed E-state index contributed by atoms with van der Waals surface area (Å²) in [6, 6.07) is 8.97. The molecule has 0 amide bonds. The molecule has 1 fully saturated rings. The van der Waals surface area contributed by atoms with Crippen molar-refractivity contribution < 1.29 is 0 Å². The predicted molar refractivity (Wildman–Crippen MR) is 98.5 cm³/mol. The number of rotatable bonds is 5. The summed E-state index contributed by atoms with van der Waals surface area (Å²) in [5, 5.41) is 0. The molecule has 1 aliphatic heterocycles. The first-order valence-corrected chi connectivity index (χ1v) is 8.04. The molecule has 116 valence electrons. The molecule has 0 bridgehead atoms. The third kappa shape index (κ3) is 3.59. The van der Waals surface area contributed by atoms with E-state index in [0.29, 0.717) is 6.04 Å². The summed E-state index contributed by atoms with van der Waals surface area (Å²) in [5.41, 5.74) is 6.18. The second-order valence-corrected chi connectivity index (χ2v) is 6.22. The first-order valence-electron chi connectivity index (χ1n) is 8.04. The number of hydrogen-bond acceptors (Lipinski definition) is 1. The minimum atomic E-state index is 0.419. The van der Waals surface area contributed by atoms with E-state index in [-0.39, 0.29) is 0 Å². The molecule has 0 aromatic heterocycles. The van der Waals surface area contributed by atoms with Crippen molar-refractivity contribution in [2.45, 2.75) is 39.7 Å². The summed E-state index contributed by atoms with van der Waals surface area (Å²) in [6.07, 6.45) is 8.79. The molecule has 1 atom stereocenters. The summed E-state index contributed by atoms with van der Waals surface area (Å²) < 4.78 is 0. The Morgan fingerprint density at radius 1 is 1.14 bits per heavy atom. The van der Waals surface area contributed by atoms with Crippen molar-refractivity contribution in [2.75, 3.05) is 6.54 Å². The van der Waals surface area contributed by atoms with E-state index in [4.69, 9.17) is 0 Å². The number of nitrogens with zero attached hydrogens (tertiary/aromatic N) is 1. The first-order chi connectivity index (χ1) is 10.5. The minimum Gasteiger partial charge on any atom is -0.365 e. The Balaban J connectivity index is 2.36. The highest BCUT2D eigenvalue weighted by atomic mass is 15.2. The molecule has 2 rings (SSSR count). The molecule has 1 aliphatic rings. The van der Waals surface area contributed by atoms with E-state index in [1.165, 1.54) is 35.1 Å². The van der Waals surface area contributed by atoms with Crippen LogP contribution in [0.4, 0.5) is 0 Å². The molecule has 22 heavy (non-hydrogen) atoms. The molecule has 1 saturated heterocycles. The van der Waals surface area contributed by atoms with Crippen LogP contribution in [0.5, 0.6) is 0 Å². The largest absolute Gasteiger partial charge is 0.365 e. The van der Waals surface area contributed by atoms with E-state index in [1.807, 2.05) is 6.08 Å². The van der Waals surface area contributed by atoms with E-state index in [2.05, 4.69) is 75.2 Å². The maximum Gasteiger partial charge on any atom is 0.0471 e. The second kappa shape index (κ2) is 7.31. The Kier molecular flexibility index (Phi) is 5.43. The van der Waals surface area contributed by atoms with Gasteiger partial charge in [-0.15, -0.1) is 6.58 Å². The number of benzene rings is 1. The Bertz CT molecular complexity index is 615. The lowest BCUT2D eigenvalue weighted by Gasteiger charge is -2.28. The normalized spacial score (nSPS) is 18.2. The highest BCUT2D eigenvalue weighted by Crippen LogP contribution is 2.32. The Morgan fingerprint density at radius 3 is 2.45 bits per heavy atom. The minimum absolute atomic E-state index is 0.419. The van der Waals surface area contributed by atoms with Crippen molar-refractivity contribution in [1.29, 1.82) is 0 Å². The van der Waals surface area contributed by atoms with Crippen LogP contribution in [0.3, 0.4) is 0 Å². The van der Waals surface area contributed by atoms with Gasteiger partial charge < -0.3 is 4.90 Å². The van der Waals surface area contributed by atoms with Gasteiger partial charge in [-0.25, -0.2) is 0 Å². The van der Waals surface area contributed by atoms with Gasteiger partial charge in [-0.1, -0.05) is 54.6 Å². The summed E-state index contributed by atoms with van der Waals surface area (Å²) in [7, 11) is 0. The van der Waals surface area contributed by atoms with Gasteiger partial charge in [-0.3, -0.25) is 0 Å². The molecule has 0 radical (unpaired) electrons. The molecule has 1 heteroatoms. The van der Waals surface area contributed by atoms with Gasteiger partial charge in [0, 0.05) is 23.8 Å². The predicted octanol–water partition coefficient (Wildman–Crippen LogP) is 5.68. The van der Waals surface area contributed by atoms with Gasteiger partial charge in [0.15, 0.2) is 0 Å². The summed E-state index contributed by atoms with van der Waals surface area (Å²) in [6.45, 7) is 15.8. The van der Waals surface area contributed by atoms with Crippen LogP contribution in [0.15, 0.2) is 61.2 Å². The lowest BCUT2D eigenvalue weighted by molar-refractivity contribution is 0.425. The fourth-order valence-corrected chi connectivity index (χ4v) is 2.99. The van der Waals surface area contributed by atoms with Gasteiger partial charge >= 0.3 is 0 Å². The average Bonchev–Trinajstić information content (AvgIpc) is 3.00. The molecule has 1 unspecified atom stereocenters. The van der Waals surface area contributed by atoms with Crippen molar-refractivity contribution in [3.63, 3.8) is 0 Å². The summed E-state index contributed by atoms with van der Waals surface area (Å²) in [5.74, 6) is 0. The zero-order valence-corrected chi connectivity index (χ0v) is 14.1. The van der Waals surface area contributed by atoms with E-state index in [9.17, 15) is 0 Å². The zero-order chi connectivity index (χ0) is 16.1. The third-order valence-corrected chi connectivity index (χ3v) is 4.25. The van der Waals surface area contributed by atoms with Crippen molar-refractivity contribution >= 4 is 11.3 Å². The Hall–Kier alpha value is -2.02. The van der Waals surface area contributed by atoms with Crippen LogP contribution in [-0.2, 0) is 0 Å². The molecule has 0 spiro atoms. The van der Waals surface area contributed by atoms with Gasteiger partial charge in [0.1, 0.15) is 0 Å². The highest BCUT2D eigenvalue weighted by Gasteiger charge is 2.24. The molecule has 1 aromatic carbocycles. The number of likely N-dealkylation sites (tertiary alicyclic amines) is 1. The van der Waals surface area contributed by atoms with Crippen LogP contribution >= 0.6 is 0 Å². The van der Waals surface area contributed by atoms with Crippen molar-refractivity contribution in [2.24, 2.45) is 0 Å². The van der Waals surface area contributed by atoms with Gasteiger partial charge in [0.05, 0.1) is 0 Å². The lowest BCUT2D eigenvalue weighted by Crippen LogP contribution is -2.25. The molecule has 1 heterocycles. The summed E-state index contributed by atoms with van der Waals surface area (Å²) in [4.78, 5) is 2.39. The number of allylic oxidation sites excluding steroid dienone is 4. The van der Waals surface area contributed by atoms with Crippen LogP contribution in [0, 0.1) is 0 Å². The Labute approximate surface area is 135 Å². The van der Waals surface area contributed by atoms with Crippen LogP contribution in [0.2, 0.25) is 0 Å². The van der Waals surface area contributed by atoms with Gasteiger partial charge in [-0.05, 0) is 44.7 Å². The Morgan fingerprint density at radius 2 is 1.82 bits per heavy atom. The van der Waals surface area contributed by atoms with Crippen LogP contribution in [0.1, 0.15) is 44.7 Å². The molecule has 1 aromatic rings. The lowest BCUT2D eigenvalue weighted by atomic mass is 9.97. The van der Waals surface area contributed by atoms with E-state index in [0.717, 1.165) is 12.2 Å². The second-order valence-electron chi connectivity index (χ2n) is 6.22. The highest BCUT2D eigenvalue weighted by molar-refractivity contribution is 5.78. The molecular formula is C21H27N. The van der Waals surface area contributed by atoms with Gasteiger partial charge in [-0.2, -0.15) is 0 Å². The van der Waals surface area contributed by atoms with Crippen molar-refractivity contribution in [1.82, 2.24) is 4.90 Å². The van der Waals surface area contributed by atoms with Gasteiger partial charge in [0.2, 0.25) is 0 Å². The van der Waals surface area contributed by atoms with Gasteiger partial charge in [0.25, 0.3) is 0 Å². The van der Waals surface area contributed by atoms with Crippen molar-refractivity contribution in [3.05, 3.63) is 72.4 Å². The standard InChI is InChI=1S/C21H27N/c1-6-19-10-9-15-22(19)18(5)21-12-8-7-11-20(21)17(4)14-13-16(2)3/h6-8,11-14,19H,1,5,9-10,15H2,2-4H3/b17-14+. The third-order valence-electron chi connectivity index (χ3n) is 4.25. The monoisotopic (exact) mass is 293 g/mol. The molecule has 0 aliphatic carbocycles. The summed E-state index contributed by atoms with van der Waals surface area (Å²) >= 11 is 0. The van der Waals surface area contributed by atoms with Crippen molar-refractivity contribution in [3.8, 4) is 0 Å². The quantitative estimate of drug-likeness (QED) is 0.499. The molecule has 0 N–H and O–H groups in total. The smallest absolute Gasteiger partial charge is 0.0471 e. The zero-order valence-electron chi connectivity index (χ0n) is 14.1. The first kappa shape index (κ1) is 16.4. The molecule has 0 saturated carbocycles. The molecule has 1 nitrogen and oxygen atoms in total. The topological polar surface area (TPSA) is 3.24 Å². The fraction of sp³-hybridized carbons (Fsp3) is 0.333. The van der Waals surface area contributed by atoms with E-state index in [1.54, 1.807) is 0 Å². The fourth-order valence-electron chi connectivity index (χ4n) is 2.99. The van der Waals surface area contributed by atoms with Crippen LogP contribution in [-0.4, -0.2) is 17.5 Å². The SMILES string of the molecule is C=CC1CCCN1C(=C)c1ccccc1/C(C)=C/C=C(C)C.